The second-order valence-electron chi connectivity index (χ2n) is 7.19. The van der Waals surface area contributed by atoms with Crippen LogP contribution in [0.25, 0.3) is 33.3 Å². The van der Waals surface area contributed by atoms with E-state index >= 15 is 0 Å². The van der Waals surface area contributed by atoms with Gasteiger partial charge in [0.25, 0.3) is 0 Å². The van der Waals surface area contributed by atoms with Crippen molar-refractivity contribution in [3.8, 4) is 22.3 Å². The molecule has 150 valence electrons. The molecular weight excluding hydrogens is 389 g/mol. The van der Waals surface area contributed by atoms with Crippen molar-refractivity contribution in [1.29, 1.82) is 5.41 Å². The number of anilines is 1. The van der Waals surface area contributed by atoms with E-state index in [1.165, 1.54) is 6.07 Å². The van der Waals surface area contributed by atoms with Gasteiger partial charge in [0, 0.05) is 40.3 Å². The molecule has 5 nitrogen and oxygen atoms in total. The molecule has 0 amide bonds. The highest BCUT2D eigenvalue weighted by atomic mass is 19.1. The van der Waals surface area contributed by atoms with Crippen LogP contribution < -0.4 is 5.73 Å². The lowest BCUT2D eigenvalue weighted by molar-refractivity contribution is 0.631. The topological polar surface area (TPSA) is 91.4 Å². The lowest BCUT2D eigenvalue weighted by Gasteiger charge is -2.09. The fourth-order valence-electron chi connectivity index (χ4n) is 3.66. The molecule has 0 fully saturated rings. The molecule has 0 aliphatic carbocycles. The predicted molar refractivity (Wildman–Crippen MR) is 122 cm³/mol. The van der Waals surface area contributed by atoms with Gasteiger partial charge in [0.15, 0.2) is 5.82 Å². The van der Waals surface area contributed by atoms with Gasteiger partial charge in [0.05, 0.1) is 11.0 Å². The Morgan fingerprint density at radius 3 is 2.55 bits per heavy atom. The highest BCUT2D eigenvalue weighted by molar-refractivity contribution is 6.13. The molecule has 0 aliphatic heterocycles. The molecule has 0 bridgehead atoms. The molecule has 0 aliphatic rings. The number of rotatable bonds is 4. The number of aromatic amines is 1. The van der Waals surface area contributed by atoms with Crippen LogP contribution >= 0.6 is 0 Å². The molecule has 6 heteroatoms. The molecule has 2 aromatic heterocycles. The molecule has 5 rings (SSSR count). The summed E-state index contributed by atoms with van der Waals surface area (Å²) in [5.74, 6) is 0.0527. The van der Waals surface area contributed by atoms with Crippen LogP contribution in [0.4, 0.5) is 10.1 Å². The van der Waals surface area contributed by atoms with Crippen LogP contribution in [-0.2, 0) is 0 Å². The van der Waals surface area contributed by atoms with Gasteiger partial charge in [-0.25, -0.2) is 9.37 Å². The molecule has 0 unspecified atom stereocenters. The summed E-state index contributed by atoms with van der Waals surface area (Å²) in [6.07, 6.45) is 3.48. The number of halogens is 1. The van der Waals surface area contributed by atoms with E-state index in [2.05, 4.69) is 15.0 Å². The standard InChI is InChI=1S/C25H18FN5/c26-20-8-2-1-6-17(20)18-7-3-9-22-24(18)31-25(30-22)23(28)19-13-15(10-11-21(19)27)16-5-4-12-29-14-16/h1-14,28H,27H2,(H,30,31). The minimum absolute atomic E-state index is 0.166. The second kappa shape index (κ2) is 7.50. The molecule has 0 saturated carbocycles. The van der Waals surface area contributed by atoms with Gasteiger partial charge in [0.2, 0.25) is 0 Å². The quantitative estimate of drug-likeness (QED) is 0.274. The number of para-hydroxylation sites is 1. The van der Waals surface area contributed by atoms with Crippen LogP contribution in [0.15, 0.2) is 85.2 Å². The maximum absolute atomic E-state index is 14.4. The van der Waals surface area contributed by atoms with Crippen LogP contribution in [0, 0.1) is 11.2 Å². The Morgan fingerprint density at radius 2 is 1.74 bits per heavy atom. The van der Waals surface area contributed by atoms with Crippen LogP contribution in [0.3, 0.4) is 0 Å². The summed E-state index contributed by atoms with van der Waals surface area (Å²) < 4.78 is 14.4. The van der Waals surface area contributed by atoms with Crippen molar-refractivity contribution in [2.75, 3.05) is 5.73 Å². The van der Waals surface area contributed by atoms with E-state index in [-0.39, 0.29) is 11.5 Å². The SMILES string of the molecule is N=C(c1nc2c(-c3ccccc3F)cccc2[nH]1)c1cc(-c2cccnc2)ccc1N. The number of nitrogens with zero attached hydrogens (tertiary/aromatic N) is 2. The Morgan fingerprint density at radius 1 is 0.903 bits per heavy atom. The van der Waals surface area contributed by atoms with E-state index in [1.54, 1.807) is 36.7 Å². The third kappa shape index (κ3) is 3.34. The van der Waals surface area contributed by atoms with Crippen LogP contribution in [-0.4, -0.2) is 20.7 Å². The summed E-state index contributed by atoms with van der Waals surface area (Å²) in [6.45, 7) is 0. The maximum atomic E-state index is 14.4. The number of aromatic nitrogens is 3. The number of fused-ring (bicyclic) bond motifs is 1. The Hall–Kier alpha value is -4.32. The monoisotopic (exact) mass is 407 g/mol. The molecule has 5 aromatic rings. The average molecular weight is 407 g/mol. The Kier molecular flexibility index (Phi) is 4.52. The predicted octanol–water partition coefficient (Wildman–Crippen LogP) is 5.43. The van der Waals surface area contributed by atoms with Crippen LogP contribution in [0.5, 0.6) is 0 Å². The normalized spacial score (nSPS) is 11.0. The molecule has 0 radical (unpaired) electrons. The zero-order valence-corrected chi connectivity index (χ0v) is 16.4. The van der Waals surface area contributed by atoms with E-state index < -0.39 is 0 Å². The Balaban J connectivity index is 1.60. The fourth-order valence-corrected chi connectivity index (χ4v) is 3.66. The summed E-state index contributed by atoms with van der Waals surface area (Å²) in [6, 6.07) is 21.5. The van der Waals surface area contributed by atoms with Crippen molar-refractivity contribution in [2.45, 2.75) is 0 Å². The first-order valence-electron chi connectivity index (χ1n) is 9.74. The average Bonchev–Trinajstić information content (AvgIpc) is 3.25. The van der Waals surface area contributed by atoms with Gasteiger partial charge in [-0.15, -0.1) is 0 Å². The van der Waals surface area contributed by atoms with Crippen LogP contribution in [0.1, 0.15) is 11.4 Å². The summed E-state index contributed by atoms with van der Waals surface area (Å²) in [5, 5.41) is 8.76. The summed E-state index contributed by atoms with van der Waals surface area (Å²) in [4.78, 5) is 12.0. The van der Waals surface area contributed by atoms with Gasteiger partial charge in [-0.2, -0.15) is 0 Å². The highest BCUT2D eigenvalue weighted by Crippen LogP contribution is 2.30. The number of hydrogen-bond acceptors (Lipinski definition) is 4. The summed E-state index contributed by atoms with van der Waals surface area (Å²) >= 11 is 0. The lowest BCUT2D eigenvalue weighted by atomic mass is 10.0. The molecule has 0 saturated heterocycles. The molecule has 0 atom stereocenters. The highest BCUT2D eigenvalue weighted by Gasteiger charge is 2.17. The minimum atomic E-state index is -0.317. The van der Waals surface area contributed by atoms with Gasteiger partial charge in [-0.1, -0.05) is 42.5 Å². The number of H-pyrrole nitrogens is 1. The van der Waals surface area contributed by atoms with Crippen LogP contribution in [0.2, 0.25) is 0 Å². The first kappa shape index (κ1) is 18.7. The van der Waals surface area contributed by atoms with Gasteiger partial charge < -0.3 is 10.7 Å². The molecule has 4 N–H and O–H groups in total. The van der Waals surface area contributed by atoms with Crippen molar-refractivity contribution in [2.24, 2.45) is 0 Å². The number of nitrogen functional groups attached to an aromatic ring is 1. The minimum Gasteiger partial charge on any atom is -0.398 e. The zero-order chi connectivity index (χ0) is 21.4. The van der Waals surface area contributed by atoms with Gasteiger partial charge >= 0.3 is 0 Å². The van der Waals surface area contributed by atoms with Crippen molar-refractivity contribution in [3.63, 3.8) is 0 Å². The van der Waals surface area contributed by atoms with E-state index in [4.69, 9.17) is 11.1 Å². The smallest absolute Gasteiger partial charge is 0.157 e. The Bertz CT molecular complexity index is 1420. The van der Waals surface area contributed by atoms with Gasteiger partial charge in [0.1, 0.15) is 11.5 Å². The third-order valence-electron chi connectivity index (χ3n) is 5.23. The first-order valence-corrected chi connectivity index (χ1v) is 9.74. The third-order valence-corrected chi connectivity index (χ3v) is 5.23. The number of pyridine rings is 1. The first-order chi connectivity index (χ1) is 15.1. The molecule has 2 heterocycles. The van der Waals surface area contributed by atoms with Crippen molar-refractivity contribution in [1.82, 2.24) is 15.0 Å². The van der Waals surface area contributed by atoms with E-state index in [9.17, 15) is 4.39 Å². The van der Waals surface area contributed by atoms with Crippen molar-refractivity contribution < 1.29 is 4.39 Å². The number of nitrogens with one attached hydrogen (secondary N) is 2. The van der Waals surface area contributed by atoms with E-state index in [0.29, 0.717) is 33.7 Å². The lowest BCUT2D eigenvalue weighted by Crippen LogP contribution is -2.07. The number of hydrogen-bond donors (Lipinski definition) is 3. The van der Waals surface area contributed by atoms with Crippen molar-refractivity contribution >= 4 is 22.4 Å². The number of nitrogens with two attached hydrogens (primary N) is 1. The Labute approximate surface area is 177 Å². The van der Waals surface area contributed by atoms with E-state index in [0.717, 1.165) is 16.6 Å². The number of benzene rings is 3. The zero-order valence-electron chi connectivity index (χ0n) is 16.4. The molecule has 0 spiro atoms. The van der Waals surface area contributed by atoms with Gasteiger partial charge in [-0.3, -0.25) is 10.4 Å². The van der Waals surface area contributed by atoms with Gasteiger partial charge in [-0.05, 0) is 35.9 Å². The number of imidazole rings is 1. The maximum Gasteiger partial charge on any atom is 0.157 e. The molecule has 31 heavy (non-hydrogen) atoms. The summed E-state index contributed by atoms with van der Waals surface area (Å²) in [5.41, 5.74) is 11.7. The van der Waals surface area contributed by atoms with E-state index in [1.807, 2.05) is 42.5 Å². The fraction of sp³-hybridized carbons (Fsp3) is 0. The molecule has 3 aromatic carbocycles. The largest absolute Gasteiger partial charge is 0.398 e. The second-order valence-corrected chi connectivity index (χ2v) is 7.19. The van der Waals surface area contributed by atoms with Crippen molar-refractivity contribution in [3.05, 3.63) is 102 Å². The molecular formula is C25H18FN5. The summed E-state index contributed by atoms with van der Waals surface area (Å²) in [7, 11) is 0.